The molecule has 2 atom stereocenters. The first kappa shape index (κ1) is 12.7. The highest BCUT2D eigenvalue weighted by Gasteiger charge is 2.37. The molecule has 1 aromatic rings. The molecule has 2 fully saturated rings. The van der Waals surface area contributed by atoms with Crippen molar-refractivity contribution in [2.24, 2.45) is 5.92 Å². The maximum absolute atomic E-state index is 4.80. The molecule has 0 radical (unpaired) electrons. The fourth-order valence-electron chi connectivity index (χ4n) is 3.47. The van der Waals surface area contributed by atoms with E-state index in [0.717, 1.165) is 24.1 Å². The second-order valence-corrected chi connectivity index (χ2v) is 6.11. The Morgan fingerprint density at radius 1 is 1.21 bits per heavy atom. The Labute approximate surface area is 116 Å². The highest BCUT2D eigenvalue weighted by atomic mass is 15.3. The van der Waals surface area contributed by atoms with Crippen LogP contribution in [0, 0.1) is 5.92 Å². The largest absolute Gasteiger partial charge is 0.363 e. The number of likely N-dealkylation sites (tertiary alicyclic amines) is 1. The fourth-order valence-corrected chi connectivity index (χ4v) is 3.47. The lowest BCUT2D eigenvalue weighted by Gasteiger charge is -2.36. The molecule has 3 heterocycles. The van der Waals surface area contributed by atoms with Crippen molar-refractivity contribution in [1.29, 1.82) is 0 Å². The van der Waals surface area contributed by atoms with E-state index in [1.165, 1.54) is 25.9 Å². The zero-order valence-electron chi connectivity index (χ0n) is 12.2. The van der Waals surface area contributed by atoms with Gasteiger partial charge in [-0.05, 0) is 44.5 Å². The highest BCUT2D eigenvalue weighted by molar-refractivity contribution is 5.49. The summed E-state index contributed by atoms with van der Waals surface area (Å²) < 4.78 is 0. The fraction of sp³-hybridized carbons (Fsp3) is 0.667. The Hall–Kier alpha value is -1.29. The third kappa shape index (κ3) is 2.41. The molecule has 0 N–H and O–H groups in total. The molecular weight excluding hydrogens is 236 g/mol. The molecule has 1 aromatic heterocycles. The molecule has 0 aromatic carbocycles. The zero-order valence-corrected chi connectivity index (χ0v) is 12.2. The lowest BCUT2D eigenvalue weighted by atomic mass is 9.93. The van der Waals surface area contributed by atoms with Crippen LogP contribution in [-0.4, -0.2) is 56.7 Å². The molecule has 2 saturated heterocycles. The number of fused-ring (bicyclic) bond motifs is 1. The van der Waals surface area contributed by atoms with E-state index in [1.54, 1.807) is 0 Å². The molecule has 0 amide bonds. The number of hydrogen-bond donors (Lipinski definition) is 0. The first-order valence-electron chi connectivity index (χ1n) is 7.25. The van der Waals surface area contributed by atoms with Crippen molar-refractivity contribution in [3.05, 3.63) is 18.2 Å². The Morgan fingerprint density at radius 3 is 2.84 bits per heavy atom. The van der Waals surface area contributed by atoms with Crippen LogP contribution in [0.3, 0.4) is 0 Å². The lowest BCUT2D eigenvalue weighted by molar-refractivity contribution is 0.202. The van der Waals surface area contributed by atoms with Crippen LogP contribution in [0.15, 0.2) is 18.2 Å². The maximum Gasteiger partial charge on any atom is 0.131 e. The van der Waals surface area contributed by atoms with Gasteiger partial charge in [-0.15, -0.1) is 0 Å². The standard InChI is InChI=1S/C15H24N4/c1-17(2)14-5-4-6-15(16-14)19-10-7-12-11-18(3)9-8-13(12)19/h4-6,12-13H,7-11H2,1-3H3/t12-,13?/m1/s1. The molecule has 0 saturated carbocycles. The Bertz CT molecular complexity index is 446. The van der Waals surface area contributed by atoms with Crippen molar-refractivity contribution in [2.45, 2.75) is 18.9 Å². The van der Waals surface area contributed by atoms with Crippen LogP contribution >= 0.6 is 0 Å². The van der Waals surface area contributed by atoms with Crippen LogP contribution in [0.1, 0.15) is 12.8 Å². The minimum atomic E-state index is 0.695. The first-order chi connectivity index (χ1) is 9.15. The summed E-state index contributed by atoms with van der Waals surface area (Å²) >= 11 is 0. The number of nitrogens with zero attached hydrogens (tertiary/aromatic N) is 4. The van der Waals surface area contributed by atoms with Crippen molar-refractivity contribution < 1.29 is 0 Å². The van der Waals surface area contributed by atoms with E-state index in [4.69, 9.17) is 4.98 Å². The molecule has 2 aliphatic heterocycles. The van der Waals surface area contributed by atoms with Gasteiger partial charge in [0.2, 0.25) is 0 Å². The average Bonchev–Trinajstić information content (AvgIpc) is 2.81. The molecule has 104 valence electrons. The van der Waals surface area contributed by atoms with E-state index < -0.39 is 0 Å². The second-order valence-electron chi connectivity index (χ2n) is 6.11. The first-order valence-corrected chi connectivity index (χ1v) is 7.25. The molecule has 3 rings (SSSR count). The maximum atomic E-state index is 4.80. The van der Waals surface area contributed by atoms with E-state index in [1.807, 2.05) is 0 Å². The number of pyridine rings is 1. The monoisotopic (exact) mass is 260 g/mol. The molecule has 0 aliphatic carbocycles. The summed E-state index contributed by atoms with van der Waals surface area (Å²) in [5.41, 5.74) is 0. The van der Waals surface area contributed by atoms with Crippen LogP contribution in [0.25, 0.3) is 0 Å². The van der Waals surface area contributed by atoms with Gasteiger partial charge in [0, 0.05) is 33.2 Å². The van der Waals surface area contributed by atoms with Crippen LogP contribution in [0.5, 0.6) is 0 Å². The molecule has 2 aliphatic rings. The number of anilines is 2. The van der Waals surface area contributed by atoms with Crippen LogP contribution in [0.2, 0.25) is 0 Å². The Morgan fingerprint density at radius 2 is 2.05 bits per heavy atom. The van der Waals surface area contributed by atoms with Gasteiger partial charge in [-0.2, -0.15) is 0 Å². The topological polar surface area (TPSA) is 22.6 Å². The molecule has 0 spiro atoms. The van der Waals surface area contributed by atoms with E-state index in [-0.39, 0.29) is 0 Å². The van der Waals surface area contributed by atoms with E-state index in [2.05, 4.69) is 54.0 Å². The summed E-state index contributed by atoms with van der Waals surface area (Å²) in [6.45, 7) is 3.62. The minimum Gasteiger partial charge on any atom is -0.363 e. The van der Waals surface area contributed by atoms with Gasteiger partial charge < -0.3 is 14.7 Å². The van der Waals surface area contributed by atoms with Gasteiger partial charge in [-0.1, -0.05) is 6.07 Å². The Balaban J connectivity index is 1.81. The van der Waals surface area contributed by atoms with Gasteiger partial charge in [-0.25, -0.2) is 4.98 Å². The van der Waals surface area contributed by atoms with Crippen LogP contribution in [-0.2, 0) is 0 Å². The molecule has 1 unspecified atom stereocenters. The van der Waals surface area contributed by atoms with Gasteiger partial charge in [0.1, 0.15) is 11.6 Å². The third-order valence-corrected chi connectivity index (χ3v) is 4.51. The molecular formula is C15H24N4. The summed E-state index contributed by atoms with van der Waals surface area (Å²) in [5.74, 6) is 3.03. The number of rotatable bonds is 2. The van der Waals surface area contributed by atoms with E-state index >= 15 is 0 Å². The zero-order chi connectivity index (χ0) is 13.4. The number of hydrogen-bond acceptors (Lipinski definition) is 4. The smallest absolute Gasteiger partial charge is 0.131 e. The normalized spacial score (nSPS) is 27.4. The summed E-state index contributed by atoms with van der Waals surface area (Å²) in [5, 5.41) is 0. The Kier molecular flexibility index (Phi) is 3.35. The molecule has 4 nitrogen and oxygen atoms in total. The quantitative estimate of drug-likeness (QED) is 0.807. The molecule has 4 heteroatoms. The van der Waals surface area contributed by atoms with Crippen LogP contribution < -0.4 is 9.80 Å². The second kappa shape index (κ2) is 5.00. The van der Waals surface area contributed by atoms with Gasteiger partial charge >= 0.3 is 0 Å². The van der Waals surface area contributed by atoms with Crippen molar-refractivity contribution in [3.63, 3.8) is 0 Å². The summed E-state index contributed by atoms with van der Waals surface area (Å²) in [7, 11) is 6.34. The summed E-state index contributed by atoms with van der Waals surface area (Å²) in [4.78, 5) is 11.9. The number of aromatic nitrogens is 1. The van der Waals surface area contributed by atoms with Gasteiger partial charge in [0.25, 0.3) is 0 Å². The predicted molar refractivity (Wildman–Crippen MR) is 79.9 cm³/mol. The minimum absolute atomic E-state index is 0.695. The van der Waals surface area contributed by atoms with E-state index in [0.29, 0.717) is 6.04 Å². The number of piperidine rings is 1. The lowest BCUT2D eigenvalue weighted by Crippen LogP contribution is -2.44. The summed E-state index contributed by atoms with van der Waals surface area (Å²) in [6, 6.07) is 7.06. The highest BCUT2D eigenvalue weighted by Crippen LogP contribution is 2.34. The van der Waals surface area contributed by atoms with Crippen LogP contribution in [0.4, 0.5) is 11.6 Å². The van der Waals surface area contributed by atoms with Crippen molar-refractivity contribution >= 4 is 11.6 Å². The SMILES string of the molecule is CN1CCC2[C@H](CCN2c2cccc(N(C)C)n2)C1. The average molecular weight is 260 g/mol. The van der Waals surface area contributed by atoms with Gasteiger partial charge in [-0.3, -0.25) is 0 Å². The van der Waals surface area contributed by atoms with Crippen molar-refractivity contribution in [2.75, 3.05) is 50.6 Å². The third-order valence-electron chi connectivity index (χ3n) is 4.51. The van der Waals surface area contributed by atoms with Gasteiger partial charge in [0.15, 0.2) is 0 Å². The molecule has 19 heavy (non-hydrogen) atoms. The van der Waals surface area contributed by atoms with Gasteiger partial charge in [0.05, 0.1) is 0 Å². The van der Waals surface area contributed by atoms with Crippen molar-refractivity contribution in [1.82, 2.24) is 9.88 Å². The predicted octanol–water partition coefficient (Wildman–Crippen LogP) is 1.68. The van der Waals surface area contributed by atoms with E-state index in [9.17, 15) is 0 Å². The molecule has 0 bridgehead atoms. The van der Waals surface area contributed by atoms with Crippen molar-refractivity contribution in [3.8, 4) is 0 Å². The summed E-state index contributed by atoms with van der Waals surface area (Å²) in [6.07, 6.45) is 2.58.